The number of rotatable bonds is 4. The van der Waals surface area contributed by atoms with Gasteiger partial charge in [-0.3, -0.25) is 0 Å². The smallest absolute Gasteiger partial charge is 0.360 e. The van der Waals surface area contributed by atoms with Crippen LogP contribution in [0.5, 0.6) is 0 Å². The van der Waals surface area contributed by atoms with Gasteiger partial charge in [-0.25, -0.2) is 18.3 Å². The first-order valence-corrected chi connectivity index (χ1v) is 6.01. The molecule has 0 N–H and O–H groups in total. The Morgan fingerprint density at radius 3 is 2.80 bits per heavy atom. The molecule has 0 spiro atoms. The van der Waals surface area contributed by atoms with Crippen LogP contribution in [0.15, 0.2) is 18.2 Å². The van der Waals surface area contributed by atoms with E-state index in [0.717, 1.165) is 18.2 Å². The van der Waals surface area contributed by atoms with Gasteiger partial charge in [0.05, 0.1) is 19.3 Å². The van der Waals surface area contributed by atoms with Crippen molar-refractivity contribution in [3.05, 3.63) is 46.8 Å². The third-order valence-electron chi connectivity index (χ3n) is 2.88. The van der Waals surface area contributed by atoms with Crippen molar-refractivity contribution in [2.24, 2.45) is 0 Å². The summed E-state index contributed by atoms with van der Waals surface area (Å²) in [5, 5.41) is 7.53. The van der Waals surface area contributed by atoms with E-state index < -0.39 is 17.6 Å². The largest absolute Gasteiger partial charge is 0.464 e. The van der Waals surface area contributed by atoms with Gasteiger partial charge in [0.1, 0.15) is 11.6 Å². The number of methoxy groups -OCH3 is 1. The minimum atomic E-state index is -0.604. The fourth-order valence-corrected chi connectivity index (χ4v) is 1.89. The summed E-state index contributed by atoms with van der Waals surface area (Å²) < 4.78 is 32.7. The lowest BCUT2D eigenvalue weighted by Gasteiger charge is -2.07. The highest BCUT2D eigenvalue weighted by molar-refractivity contribution is 5.88. The van der Waals surface area contributed by atoms with Gasteiger partial charge >= 0.3 is 5.97 Å². The lowest BCUT2D eigenvalue weighted by molar-refractivity contribution is 0.0592. The van der Waals surface area contributed by atoms with Crippen molar-refractivity contribution < 1.29 is 18.3 Å². The van der Waals surface area contributed by atoms with Crippen molar-refractivity contribution in [2.45, 2.75) is 19.9 Å². The summed E-state index contributed by atoms with van der Waals surface area (Å²) in [6.45, 7) is 1.81. The lowest BCUT2D eigenvalue weighted by Crippen LogP contribution is -2.10. The van der Waals surface area contributed by atoms with E-state index in [4.69, 9.17) is 0 Å². The Balaban J connectivity index is 2.36. The van der Waals surface area contributed by atoms with Gasteiger partial charge in [-0.1, -0.05) is 12.1 Å². The number of aromatic nitrogens is 3. The maximum absolute atomic E-state index is 13.6. The number of ether oxygens (including phenoxy) is 1. The lowest BCUT2D eigenvalue weighted by atomic mass is 10.2. The van der Waals surface area contributed by atoms with E-state index in [2.05, 4.69) is 15.0 Å². The zero-order valence-electron chi connectivity index (χ0n) is 11.1. The number of benzene rings is 1. The maximum Gasteiger partial charge on any atom is 0.360 e. The highest BCUT2D eigenvalue weighted by Crippen LogP contribution is 2.14. The van der Waals surface area contributed by atoms with Crippen LogP contribution < -0.4 is 0 Å². The average Bonchev–Trinajstić information content (AvgIpc) is 2.84. The quantitative estimate of drug-likeness (QED) is 0.804. The van der Waals surface area contributed by atoms with Gasteiger partial charge in [0.15, 0.2) is 5.69 Å². The molecule has 1 heterocycles. The zero-order valence-corrected chi connectivity index (χ0v) is 11.1. The second kappa shape index (κ2) is 5.77. The molecule has 1 aromatic carbocycles. The first-order valence-electron chi connectivity index (χ1n) is 6.01. The molecule has 0 atom stereocenters. The third-order valence-corrected chi connectivity index (χ3v) is 2.88. The van der Waals surface area contributed by atoms with E-state index >= 15 is 0 Å². The Kier molecular flexibility index (Phi) is 4.07. The van der Waals surface area contributed by atoms with E-state index in [-0.39, 0.29) is 17.8 Å². The normalized spacial score (nSPS) is 10.6. The van der Waals surface area contributed by atoms with Crippen molar-refractivity contribution in [3.8, 4) is 0 Å². The number of carbonyl (C=O) groups excluding carboxylic acids is 1. The molecule has 0 radical (unpaired) electrons. The second-order valence-electron chi connectivity index (χ2n) is 4.12. The fourth-order valence-electron chi connectivity index (χ4n) is 1.89. The van der Waals surface area contributed by atoms with E-state index in [9.17, 15) is 13.6 Å². The van der Waals surface area contributed by atoms with Crippen molar-refractivity contribution in [2.75, 3.05) is 7.11 Å². The van der Waals surface area contributed by atoms with Crippen LogP contribution in [0, 0.1) is 11.6 Å². The van der Waals surface area contributed by atoms with Crippen LogP contribution in [0.3, 0.4) is 0 Å². The van der Waals surface area contributed by atoms with E-state index in [1.165, 1.54) is 11.8 Å². The molecule has 20 heavy (non-hydrogen) atoms. The van der Waals surface area contributed by atoms with Crippen LogP contribution in [0.25, 0.3) is 0 Å². The van der Waals surface area contributed by atoms with Crippen LogP contribution in [-0.2, 0) is 17.7 Å². The molecule has 0 amide bonds. The summed E-state index contributed by atoms with van der Waals surface area (Å²) in [5.41, 5.74) is 0.744. The summed E-state index contributed by atoms with van der Waals surface area (Å²) in [4.78, 5) is 11.5. The number of hydrogen-bond acceptors (Lipinski definition) is 4. The molecular weight excluding hydrogens is 268 g/mol. The van der Waals surface area contributed by atoms with Crippen LogP contribution in [-0.4, -0.2) is 28.1 Å². The Bertz CT molecular complexity index is 641. The van der Waals surface area contributed by atoms with Crippen LogP contribution in [0.4, 0.5) is 8.78 Å². The molecule has 0 aliphatic carbocycles. The van der Waals surface area contributed by atoms with Crippen LogP contribution in [0.1, 0.15) is 28.7 Å². The van der Waals surface area contributed by atoms with Gasteiger partial charge in [0.2, 0.25) is 0 Å². The minimum Gasteiger partial charge on any atom is -0.464 e. The molecule has 0 fully saturated rings. The van der Waals surface area contributed by atoms with Crippen molar-refractivity contribution in [1.82, 2.24) is 15.0 Å². The molecule has 2 rings (SSSR count). The molecule has 0 aliphatic heterocycles. The van der Waals surface area contributed by atoms with Crippen LogP contribution >= 0.6 is 0 Å². The number of carbonyl (C=O) groups is 1. The van der Waals surface area contributed by atoms with Gasteiger partial charge in [0.25, 0.3) is 0 Å². The van der Waals surface area contributed by atoms with Gasteiger partial charge in [-0.2, -0.15) is 0 Å². The highest BCUT2D eigenvalue weighted by atomic mass is 19.1. The number of esters is 1. The molecule has 0 saturated heterocycles. The van der Waals surface area contributed by atoms with E-state index in [1.54, 1.807) is 0 Å². The standard InChI is InChI=1S/C13H13F2N3O2/c1-3-11-12(13(19)20-2)16-17-18(11)7-8-6-9(14)4-5-10(8)15/h4-6H,3,7H2,1-2H3. The summed E-state index contributed by atoms with van der Waals surface area (Å²) in [6.07, 6.45) is 0.467. The van der Waals surface area contributed by atoms with E-state index in [1.807, 2.05) is 6.92 Å². The summed E-state index contributed by atoms with van der Waals surface area (Å²) in [5.74, 6) is -1.68. The second-order valence-corrected chi connectivity index (χ2v) is 4.12. The highest BCUT2D eigenvalue weighted by Gasteiger charge is 2.19. The van der Waals surface area contributed by atoms with Crippen molar-refractivity contribution >= 4 is 5.97 Å². The van der Waals surface area contributed by atoms with Gasteiger partial charge in [-0.05, 0) is 24.6 Å². The van der Waals surface area contributed by atoms with Crippen LogP contribution in [0.2, 0.25) is 0 Å². The molecule has 0 bridgehead atoms. The molecule has 7 heteroatoms. The maximum atomic E-state index is 13.6. The Labute approximate surface area is 114 Å². The third kappa shape index (κ3) is 2.66. The average molecular weight is 281 g/mol. The van der Waals surface area contributed by atoms with Gasteiger partial charge < -0.3 is 4.74 Å². The summed E-state index contributed by atoms with van der Waals surface area (Å²) >= 11 is 0. The zero-order chi connectivity index (χ0) is 14.7. The van der Waals surface area contributed by atoms with Crippen molar-refractivity contribution in [3.63, 3.8) is 0 Å². The molecule has 0 aliphatic rings. The molecule has 0 saturated carbocycles. The molecule has 1 aromatic heterocycles. The molecule has 0 unspecified atom stereocenters. The topological polar surface area (TPSA) is 57.0 Å². The molecule has 2 aromatic rings. The first kappa shape index (κ1) is 14.1. The van der Waals surface area contributed by atoms with Crippen molar-refractivity contribution in [1.29, 1.82) is 0 Å². The SMILES string of the molecule is CCc1c(C(=O)OC)nnn1Cc1cc(F)ccc1F. The molecular formula is C13H13F2N3O2. The predicted molar refractivity (Wildman–Crippen MR) is 66.2 cm³/mol. The predicted octanol–water partition coefficient (Wildman–Crippen LogP) is 1.95. The molecule has 106 valence electrons. The van der Waals surface area contributed by atoms with Gasteiger partial charge in [-0.15, -0.1) is 5.10 Å². The summed E-state index contributed by atoms with van der Waals surface area (Å²) in [6, 6.07) is 3.18. The number of hydrogen-bond donors (Lipinski definition) is 0. The summed E-state index contributed by atoms with van der Waals surface area (Å²) in [7, 11) is 1.24. The number of nitrogens with zero attached hydrogens (tertiary/aromatic N) is 3. The fraction of sp³-hybridized carbons (Fsp3) is 0.308. The monoisotopic (exact) mass is 281 g/mol. The Hall–Kier alpha value is -2.31. The first-order chi connectivity index (χ1) is 9.56. The molecule has 5 nitrogen and oxygen atoms in total. The Morgan fingerprint density at radius 2 is 2.15 bits per heavy atom. The van der Waals surface area contributed by atoms with Gasteiger partial charge in [0, 0.05) is 5.56 Å². The number of halogens is 2. The minimum absolute atomic E-state index is 0.00321. The Morgan fingerprint density at radius 1 is 1.40 bits per heavy atom. The van der Waals surface area contributed by atoms with E-state index in [0.29, 0.717) is 12.1 Å².